The van der Waals surface area contributed by atoms with Gasteiger partial charge in [0.05, 0.1) is 0 Å². The van der Waals surface area contributed by atoms with Crippen molar-refractivity contribution in [3.63, 3.8) is 0 Å². The monoisotopic (exact) mass is 360 g/mol. The fraction of sp³-hybridized carbons (Fsp3) is 0.600. The number of nitrogens with two attached hydrogens (primary N) is 2. The number of hydrogen-bond donors (Lipinski definition) is 3. The van der Waals surface area contributed by atoms with E-state index in [9.17, 15) is 0 Å². The molecule has 0 saturated carbocycles. The fourth-order valence-corrected chi connectivity index (χ4v) is 0. The molecule has 0 saturated heterocycles. The van der Waals surface area contributed by atoms with Gasteiger partial charge in [-0.25, -0.2) is 0 Å². The first-order valence-electron chi connectivity index (χ1n) is 4.97. The molecule has 0 aliphatic heterocycles. The third-order valence-electron chi connectivity index (χ3n) is 0.167. The molecule has 12 heteroatoms. The maximum atomic E-state index is 9.00. The third kappa shape index (κ3) is 6490. The summed E-state index contributed by atoms with van der Waals surface area (Å²) in [7, 11) is 0. The molecule has 0 bridgehead atoms. The smallest absolute Gasteiger partial charge is 0.550 e. The number of carboxylic acid groups (broad SMARTS) is 4. The molecule has 22 heavy (non-hydrogen) atoms. The van der Waals surface area contributed by atoms with E-state index < -0.39 is 23.9 Å². The van der Waals surface area contributed by atoms with Crippen LogP contribution >= 0.6 is 0 Å². The Morgan fingerprint density at radius 3 is 0.818 bits per heavy atom. The Morgan fingerprint density at radius 2 is 0.818 bits per heavy atom. The molecule has 0 rings (SSSR count). The molecule has 10 nitrogen and oxygen atoms in total. The Morgan fingerprint density at radius 1 is 0.773 bits per heavy atom. The molecule has 0 atom stereocenters. The molecule has 0 unspecified atom stereocenters. The van der Waals surface area contributed by atoms with E-state index in [2.05, 4.69) is 0 Å². The summed E-state index contributed by atoms with van der Waals surface area (Å²) in [5, 5.41) is 34.1. The minimum absolute atomic E-state index is 0. The van der Waals surface area contributed by atoms with Gasteiger partial charge >= 0.3 is 67.3 Å². The number of aliphatic carboxylic acids is 4. The summed E-state index contributed by atoms with van der Waals surface area (Å²) in [5.74, 6) is -4.08. The van der Waals surface area contributed by atoms with Gasteiger partial charge in [-0.2, -0.15) is 0 Å². The maximum absolute atomic E-state index is 9.00. The number of carboxylic acids is 4. The van der Waals surface area contributed by atoms with Gasteiger partial charge < -0.3 is 46.3 Å². The Kier molecular flexibility index (Phi) is 84.1. The minimum atomic E-state index is -1.08. The van der Waals surface area contributed by atoms with Crippen LogP contribution in [0.5, 0.6) is 0 Å². The summed E-state index contributed by atoms with van der Waals surface area (Å²) in [6.45, 7) is 5.19. The first-order chi connectivity index (χ1) is 8.84. The van der Waals surface area contributed by atoms with Gasteiger partial charge in [-0.15, -0.1) is 0 Å². The Hall–Kier alpha value is 0.0597. The molecule has 5 N–H and O–H groups in total. The van der Waals surface area contributed by atoms with Crippen molar-refractivity contribution in [2.24, 2.45) is 11.5 Å². The average molecular weight is 360 g/mol. The molecule has 0 aromatic carbocycles. The zero-order chi connectivity index (χ0) is 17.7. The second-order valence-electron chi connectivity index (χ2n) is 2.57. The fourth-order valence-electron chi connectivity index (χ4n) is 0. The molecule has 0 aliphatic carbocycles. The molecule has 0 amide bonds. The molecular weight excluding hydrogens is 339 g/mol. The van der Waals surface area contributed by atoms with Crippen LogP contribution in [0.25, 0.3) is 0 Å². The van der Waals surface area contributed by atoms with Crippen LogP contribution in [0.1, 0.15) is 27.7 Å². The van der Waals surface area contributed by atoms with Crippen LogP contribution < -0.4 is 56.3 Å². The van der Waals surface area contributed by atoms with Crippen LogP contribution in [-0.4, -0.2) is 79.8 Å². The van der Waals surface area contributed by atoms with Gasteiger partial charge in [0.1, 0.15) is 0 Å². The summed E-state index contributed by atoms with van der Waals surface area (Å²) >= 11 is 0. The van der Waals surface area contributed by atoms with E-state index in [4.69, 9.17) is 51.1 Å². The van der Waals surface area contributed by atoms with E-state index in [1.807, 2.05) is 0 Å². The van der Waals surface area contributed by atoms with Crippen molar-refractivity contribution in [3.8, 4) is 0 Å². The predicted molar refractivity (Wildman–Crippen MR) is 69.2 cm³/mol. The van der Waals surface area contributed by atoms with Crippen molar-refractivity contribution in [1.29, 1.82) is 0 Å². The van der Waals surface area contributed by atoms with Crippen LogP contribution in [-0.2, 0) is 19.2 Å². The van der Waals surface area contributed by atoms with E-state index in [0.29, 0.717) is 13.1 Å². The summed E-state index contributed by atoms with van der Waals surface area (Å²) in [5.41, 5.74) is 9.81. The Bertz CT molecular complexity index is 201. The maximum Gasteiger partial charge on any atom is 2.00 e. The summed E-state index contributed by atoms with van der Waals surface area (Å²) in [6.07, 6.45) is 0. The van der Waals surface area contributed by atoms with Gasteiger partial charge in [0, 0.05) is 37.9 Å². The van der Waals surface area contributed by atoms with Crippen molar-refractivity contribution < 1.29 is 69.2 Å². The molecule has 0 aromatic heterocycles. The van der Waals surface area contributed by atoms with Gasteiger partial charge in [-0.05, 0) is 20.8 Å². The van der Waals surface area contributed by atoms with Crippen molar-refractivity contribution in [2.75, 3.05) is 13.1 Å². The van der Waals surface area contributed by atoms with Crippen LogP contribution in [0, 0.1) is 0 Å². The summed E-state index contributed by atoms with van der Waals surface area (Å²) in [4.78, 5) is 35.7. The van der Waals surface area contributed by atoms with E-state index >= 15 is 0 Å². The number of carbonyl (C=O) groups is 4. The van der Waals surface area contributed by atoms with E-state index in [1.165, 1.54) is 0 Å². The second-order valence-corrected chi connectivity index (χ2v) is 2.57. The summed E-state index contributed by atoms with van der Waals surface area (Å²) < 4.78 is 0. The largest absolute Gasteiger partial charge is 2.00 e. The molecule has 122 valence electrons. The van der Waals surface area contributed by atoms with E-state index in [1.54, 1.807) is 0 Å². The van der Waals surface area contributed by atoms with Gasteiger partial charge in [0.25, 0.3) is 5.97 Å². The average Bonchev–Trinajstić information content (AvgIpc) is 2.13. The predicted octanol–water partition coefficient (Wildman–Crippen LogP) is -8.11. The number of carbonyl (C=O) groups excluding carboxylic acids is 3. The van der Waals surface area contributed by atoms with E-state index in [0.717, 1.165) is 27.7 Å². The molecular formula is C10H21CaN2NaO8. The van der Waals surface area contributed by atoms with Crippen molar-refractivity contribution in [2.45, 2.75) is 27.7 Å². The van der Waals surface area contributed by atoms with Gasteiger partial charge in [-0.1, -0.05) is 0 Å². The first-order valence-corrected chi connectivity index (χ1v) is 4.97. The van der Waals surface area contributed by atoms with Crippen molar-refractivity contribution >= 4 is 61.6 Å². The van der Waals surface area contributed by atoms with Crippen molar-refractivity contribution in [3.05, 3.63) is 0 Å². The van der Waals surface area contributed by atoms with Gasteiger partial charge in [-0.3, -0.25) is 4.79 Å². The Balaban J connectivity index is -0.0000000250. The number of hydrogen-bond acceptors (Lipinski definition) is 9. The topological polar surface area (TPSA) is 210 Å². The minimum Gasteiger partial charge on any atom is -0.550 e. The van der Waals surface area contributed by atoms with Crippen LogP contribution in [0.2, 0.25) is 0 Å². The molecule has 0 fully saturated rings. The van der Waals surface area contributed by atoms with Crippen LogP contribution in [0.3, 0.4) is 0 Å². The van der Waals surface area contributed by atoms with Crippen LogP contribution in [0.4, 0.5) is 0 Å². The first kappa shape index (κ1) is 43.1. The van der Waals surface area contributed by atoms with E-state index in [-0.39, 0.29) is 67.3 Å². The summed E-state index contributed by atoms with van der Waals surface area (Å²) in [6, 6.07) is 0. The van der Waals surface area contributed by atoms with Crippen LogP contribution in [0.15, 0.2) is 0 Å². The second kappa shape index (κ2) is 42.9. The normalized spacial score (nSPS) is 5.91. The van der Waals surface area contributed by atoms with Gasteiger partial charge in [0.15, 0.2) is 0 Å². The van der Waals surface area contributed by atoms with Gasteiger partial charge in [0.2, 0.25) is 0 Å². The van der Waals surface area contributed by atoms with Crippen molar-refractivity contribution in [1.82, 2.24) is 0 Å². The SMILES string of the molecule is CC(=O)O.CC(=O)[O-].CC(=O)[O-].CC(=O)[O-].NCCN.[Ca+2].[Na+]. The Labute approximate surface area is 181 Å². The molecule has 0 spiro atoms. The standard InChI is InChI=1S/C2H8N2.4C2H4O2.Ca.Na/c3-1-2-4;4*1-2(3)4;;/h1-4H2;4*1H3,(H,3,4);;/q;;;;;+2;+1/p-3. The molecule has 0 radical (unpaired) electrons. The third-order valence-corrected chi connectivity index (χ3v) is 0.167. The molecule has 0 aromatic rings. The molecule has 0 heterocycles. The zero-order valence-corrected chi connectivity index (χ0v) is 17.8. The number of rotatable bonds is 1. The molecule has 0 aliphatic rings. The zero-order valence-electron chi connectivity index (χ0n) is 13.6. The quantitative estimate of drug-likeness (QED) is 0.376.